The van der Waals surface area contributed by atoms with Gasteiger partial charge < -0.3 is 9.84 Å². The van der Waals surface area contributed by atoms with Crippen molar-refractivity contribution in [3.05, 3.63) is 71.4 Å². The summed E-state index contributed by atoms with van der Waals surface area (Å²) >= 11 is 0. The fourth-order valence-electron chi connectivity index (χ4n) is 2.67. The van der Waals surface area contributed by atoms with Crippen molar-refractivity contribution in [1.82, 2.24) is 15.5 Å². The van der Waals surface area contributed by atoms with E-state index < -0.39 is 0 Å². The summed E-state index contributed by atoms with van der Waals surface area (Å²) in [5.74, 6) is 1.60. The average Bonchev–Trinajstić information content (AvgIpc) is 3.16. The minimum atomic E-state index is 0.156. The van der Waals surface area contributed by atoms with Gasteiger partial charge in [-0.05, 0) is 35.7 Å². The molecule has 0 saturated heterocycles. The van der Waals surface area contributed by atoms with Gasteiger partial charge >= 0.3 is 0 Å². The highest BCUT2D eigenvalue weighted by Gasteiger charge is 2.11. The van der Waals surface area contributed by atoms with E-state index in [0.717, 1.165) is 17.0 Å². The summed E-state index contributed by atoms with van der Waals surface area (Å²) in [6.07, 6.45) is 0. The van der Waals surface area contributed by atoms with Crippen LogP contribution in [0.25, 0.3) is 11.1 Å². The molecule has 1 aromatic heterocycles. The molecule has 0 aliphatic heterocycles. The van der Waals surface area contributed by atoms with E-state index in [1.807, 2.05) is 38.1 Å². The fourth-order valence-corrected chi connectivity index (χ4v) is 2.67. The third-order valence-electron chi connectivity index (χ3n) is 4.30. The van der Waals surface area contributed by atoms with Gasteiger partial charge in [-0.1, -0.05) is 55.4 Å². The monoisotopic (exact) mass is 346 g/mol. The second-order valence-electron chi connectivity index (χ2n) is 6.62. The first-order valence-electron chi connectivity index (χ1n) is 8.73. The molecule has 0 bridgehead atoms. The number of nitriles is 1. The van der Waals surface area contributed by atoms with E-state index in [1.54, 1.807) is 0 Å². The highest BCUT2D eigenvalue weighted by molar-refractivity contribution is 5.65. The highest BCUT2D eigenvalue weighted by Crippen LogP contribution is 2.23. The number of nitrogens with one attached hydrogen (secondary N) is 1. The smallest absolute Gasteiger partial charge is 0.240 e. The molecule has 0 amide bonds. The zero-order valence-corrected chi connectivity index (χ0v) is 15.2. The summed E-state index contributed by atoms with van der Waals surface area (Å²) in [5.41, 5.74) is 3.98. The van der Waals surface area contributed by atoms with E-state index in [1.165, 1.54) is 5.56 Å². The topological polar surface area (TPSA) is 74.7 Å². The number of rotatable bonds is 6. The van der Waals surface area contributed by atoms with Crippen LogP contribution in [0.1, 0.15) is 55.6 Å². The first-order chi connectivity index (χ1) is 12.6. The van der Waals surface area contributed by atoms with Crippen LogP contribution in [0.4, 0.5) is 0 Å². The Kier molecular flexibility index (Phi) is 5.45. The molecule has 0 unspecified atom stereocenters. The third kappa shape index (κ3) is 4.16. The Morgan fingerprint density at radius 1 is 1.08 bits per heavy atom. The molecule has 0 aliphatic carbocycles. The SMILES string of the molecule is CC(C)c1noc(CN[C@@H](C)c2ccc(-c3cccc(C#N)c3)cc2)n1. The molecule has 0 fully saturated rings. The highest BCUT2D eigenvalue weighted by atomic mass is 16.5. The number of aromatic nitrogens is 2. The number of nitrogens with zero attached hydrogens (tertiary/aromatic N) is 3. The molecule has 5 heteroatoms. The molecule has 1 atom stereocenters. The second kappa shape index (κ2) is 7.94. The lowest BCUT2D eigenvalue weighted by molar-refractivity contribution is 0.355. The Hall–Kier alpha value is -2.97. The summed E-state index contributed by atoms with van der Waals surface area (Å²) in [6.45, 7) is 6.72. The van der Waals surface area contributed by atoms with Gasteiger partial charge in [0.05, 0.1) is 18.2 Å². The first kappa shape index (κ1) is 17.8. The Bertz CT molecular complexity index is 906. The molecule has 5 nitrogen and oxygen atoms in total. The van der Waals surface area contributed by atoms with E-state index in [2.05, 4.69) is 52.7 Å². The summed E-state index contributed by atoms with van der Waals surface area (Å²) < 4.78 is 5.26. The zero-order valence-electron chi connectivity index (χ0n) is 15.2. The normalized spacial score (nSPS) is 12.1. The van der Waals surface area contributed by atoms with Gasteiger partial charge in [-0.25, -0.2) is 0 Å². The van der Waals surface area contributed by atoms with Crippen molar-refractivity contribution in [2.75, 3.05) is 0 Å². The molecule has 1 N–H and O–H groups in total. The summed E-state index contributed by atoms with van der Waals surface area (Å²) in [7, 11) is 0. The van der Waals surface area contributed by atoms with Gasteiger partial charge in [0, 0.05) is 12.0 Å². The number of hydrogen-bond acceptors (Lipinski definition) is 5. The Balaban J connectivity index is 1.64. The molecule has 0 saturated carbocycles. The van der Waals surface area contributed by atoms with E-state index in [4.69, 9.17) is 9.78 Å². The van der Waals surface area contributed by atoms with Gasteiger partial charge in [0.2, 0.25) is 5.89 Å². The van der Waals surface area contributed by atoms with Crippen molar-refractivity contribution in [2.45, 2.75) is 39.3 Å². The largest absolute Gasteiger partial charge is 0.338 e. The van der Waals surface area contributed by atoms with Crippen LogP contribution >= 0.6 is 0 Å². The predicted molar refractivity (Wildman–Crippen MR) is 100 cm³/mol. The van der Waals surface area contributed by atoms with Crippen LogP contribution in [-0.4, -0.2) is 10.1 Å². The standard InChI is InChI=1S/C21H22N4O/c1-14(2)21-24-20(26-25-21)13-23-15(3)17-7-9-18(10-8-17)19-6-4-5-16(11-19)12-22/h4-11,14-15,23H,13H2,1-3H3/t15-/m0/s1. The lowest BCUT2D eigenvalue weighted by Crippen LogP contribution is -2.18. The third-order valence-corrected chi connectivity index (χ3v) is 4.30. The molecule has 132 valence electrons. The van der Waals surface area contributed by atoms with Gasteiger partial charge in [0.15, 0.2) is 5.82 Å². The van der Waals surface area contributed by atoms with Gasteiger partial charge in [-0.15, -0.1) is 0 Å². The zero-order chi connectivity index (χ0) is 18.5. The lowest BCUT2D eigenvalue weighted by atomic mass is 10.00. The van der Waals surface area contributed by atoms with Crippen LogP contribution in [0, 0.1) is 11.3 Å². The quantitative estimate of drug-likeness (QED) is 0.707. The molecule has 1 heterocycles. The maximum atomic E-state index is 9.04. The van der Waals surface area contributed by atoms with Crippen LogP contribution in [0.5, 0.6) is 0 Å². The van der Waals surface area contributed by atoms with Crippen molar-refractivity contribution in [1.29, 1.82) is 5.26 Å². The fraction of sp³-hybridized carbons (Fsp3) is 0.286. The van der Waals surface area contributed by atoms with Gasteiger partial charge in [-0.2, -0.15) is 10.2 Å². The molecule has 0 radical (unpaired) electrons. The second-order valence-corrected chi connectivity index (χ2v) is 6.62. The molecule has 3 aromatic rings. The predicted octanol–water partition coefficient (Wildman–Crippen LogP) is 4.58. The van der Waals surface area contributed by atoms with Crippen LogP contribution in [0.2, 0.25) is 0 Å². The van der Waals surface area contributed by atoms with Crippen molar-refractivity contribution in [3.8, 4) is 17.2 Å². The molecule has 26 heavy (non-hydrogen) atoms. The average molecular weight is 346 g/mol. The van der Waals surface area contributed by atoms with Gasteiger partial charge in [0.1, 0.15) is 0 Å². The van der Waals surface area contributed by atoms with Crippen molar-refractivity contribution in [2.24, 2.45) is 0 Å². The maximum Gasteiger partial charge on any atom is 0.240 e. The Labute approximate surface area is 153 Å². The van der Waals surface area contributed by atoms with Crippen molar-refractivity contribution < 1.29 is 4.52 Å². The molecule has 0 aliphatic rings. The molecular weight excluding hydrogens is 324 g/mol. The number of hydrogen-bond donors (Lipinski definition) is 1. The minimum absolute atomic E-state index is 0.156. The minimum Gasteiger partial charge on any atom is -0.338 e. The molecule has 0 spiro atoms. The van der Waals surface area contributed by atoms with Crippen LogP contribution in [0.15, 0.2) is 53.1 Å². The van der Waals surface area contributed by atoms with Crippen LogP contribution in [-0.2, 0) is 6.54 Å². The van der Waals surface area contributed by atoms with Crippen molar-refractivity contribution in [3.63, 3.8) is 0 Å². The first-order valence-corrected chi connectivity index (χ1v) is 8.73. The molecular formula is C21H22N4O. The Morgan fingerprint density at radius 2 is 1.85 bits per heavy atom. The summed E-state index contributed by atoms with van der Waals surface area (Å²) in [6, 6.07) is 18.3. The summed E-state index contributed by atoms with van der Waals surface area (Å²) in [4.78, 5) is 4.38. The maximum absolute atomic E-state index is 9.04. The van der Waals surface area contributed by atoms with E-state index in [9.17, 15) is 0 Å². The Morgan fingerprint density at radius 3 is 2.50 bits per heavy atom. The lowest BCUT2D eigenvalue weighted by Gasteiger charge is -2.13. The van der Waals surface area contributed by atoms with Crippen molar-refractivity contribution >= 4 is 0 Å². The molecule has 3 rings (SSSR count). The van der Waals surface area contributed by atoms with E-state index in [-0.39, 0.29) is 12.0 Å². The van der Waals surface area contributed by atoms with Crippen LogP contribution < -0.4 is 5.32 Å². The van der Waals surface area contributed by atoms with Gasteiger partial charge in [0.25, 0.3) is 0 Å². The molecule has 2 aromatic carbocycles. The van der Waals surface area contributed by atoms with Gasteiger partial charge in [-0.3, -0.25) is 0 Å². The summed E-state index contributed by atoms with van der Waals surface area (Å²) in [5, 5.41) is 16.4. The van der Waals surface area contributed by atoms with Crippen LogP contribution in [0.3, 0.4) is 0 Å². The van der Waals surface area contributed by atoms with E-state index in [0.29, 0.717) is 18.0 Å². The van der Waals surface area contributed by atoms with E-state index >= 15 is 0 Å². The number of benzene rings is 2.